The van der Waals surface area contributed by atoms with Crippen molar-refractivity contribution in [3.63, 3.8) is 0 Å². The van der Waals surface area contributed by atoms with Crippen molar-refractivity contribution < 1.29 is 39.5 Å². The van der Waals surface area contributed by atoms with Gasteiger partial charge in [-0.25, -0.2) is 9.59 Å². The maximum Gasteiger partial charge on any atom is 0.343 e. The number of fused-ring (bicyclic) bond motifs is 2. The molecule has 0 aliphatic rings. The molecular weight excluding hydrogens is 412 g/mol. The van der Waals surface area contributed by atoms with Gasteiger partial charge < -0.3 is 39.5 Å². The fourth-order valence-electron chi connectivity index (χ4n) is 3.65. The van der Waals surface area contributed by atoms with Gasteiger partial charge in [-0.15, -0.1) is 0 Å². The largest absolute Gasteiger partial charge is 0.507 e. The summed E-state index contributed by atoms with van der Waals surface area (Å²) in [6.07, 6.45) is 0.0434. The van der Waals surface area contributed by atoms with E-state index in [1.54, 1.807) is 6.92 Å². The van der Waals surface area contributed by atoms with Crippen LogP contribution in [0.1, 0.15) is 30.4 Å². The summed E-state index contributed by atoms with van der Waals surface area (Å²) in [6, 6.07) is 4.59. The minimum absolute atomic E-state index is 0.0434. The molecule has 4 rings (SSSR count). The summed E-state index contributed by atoms with van der Waals surface area (Å²) in [5.74, 6) is -5.02. The minimum Gasteiger partial charge on any atom is -0.507 e. The van der Waals surface area contributed by atoms with Crippen LogP contribution in [0.25, 0.3) is 21.9 Å². The van der Waals surface area contributed by atoms with Crippen LogP contribution in [0.4, 0.5) is 0 Å². The molecule has 0 atom stereocenters. The normalized spacial score (nSPS) is 11.5. The Balaban J connectivity index is 2.05. The van der Waals surface area contributed by atoms with Crippen LogP contribution in [0.3, 0.4) is 0 Å². The highest BCUT2D eigenvalue weighted by Crippen LogP contribution is 2.44. The molecule has 2 aromatic carbocycles. The van der Waals surface area contributed by atoms with E-state index in [1.807, 2.05) is 0 Å². The smallest absolute Gasteiger partial charge is 0.343 e. The van der Waals surface area contributed by atoms with E-state index in [9.17, 15) is 40.2 Å². The number of benzene rings is 2. The van der Waals surface area contributed by atoms with Crippen molar-refractivity contribution in [1.82, 2.24) is 0 Å². The van der Waals surface area contributed by atoms with Crippen LogP contribution < -0.4 is 11.3 Å². The van der Waals surface area contributed by atoms with Gasteiger partial charge in [0.1, 0.15) is 11.5 Å². The Labute approximate surface area is 172 Å². The molecule has 0 radical (unpaired) electrons. The quantitative estimate of drug-likeness (QED) is 0.210. The first-order chi connectivity index (χ1) is 14.7. The SMILES string of the molecule is CCC(c1c(O)c2ccc(O)c(O)c2oc1=O)c1c(O)c2ccc(O)c(O)c2oc1=O. The number of hydrogen-bond donors (Lipinski definition) is 6. The highest BCUT2D eigenvalue weighted by Gasteiger charge is 2.31. The molecule has 160 valence electrons. The van der Waals surface area contributed by atoms with Crippen LogP contribution in [0.15, 0.2) is 42.7 Å². The van der Waals surface area contributed by atoms with Crippen molar-refractivity contribution >= 4 is 21.9 Å². The van der Waals surface area contributed by atoms with Crippen LogP contribution >= 0.6 is 0 Å². The molecule has 0 aliphatic heterocycles. The average Bonchev–Trinajstić information content (AvgIpc) is 2.72. The van der Waals surface area contributed by atoms with Crippen LogP contribution in [0.5, 0.6) is 34.5 Å². The van der Waals surface area contributed by atoms with Crippen molar-refractivity contribution in [3.05, 3.63) is 56.2 Å². The molecule has 0 saturated carbocycles. The van der Waals surface area contributed by atoms with Gasteiger partial charge in [-0.2, -0.15) is 0 Å². The van der Waals surface area contributed by atoms with Gasteiger partial charge in [0, 0.05) is 5.92 Å². The molecule has 0 fully saturated rings. The monoisotopic (exact) mass is 428 g/mol. The molecule has 0 saturated heterocycles. The van der Waals surface area contributed by atoms with E-state index in [1.165, 1.54) is 12.1 Å². The zero-order valence-electron chi connectivity index (χ0n) is 15.9. The fraction of sp³-hybridized carbons (Fsp3) is 0.143. The first-order valence-corrected chi connectivity index (χ1v) is 9.08. The van der Waals surface area contributed by atoms with E-state index in [-0.39, 0.29) is 28.3 Å². The van der Waals surface area contributed by atoms with Gasteiger partial charge in [-0.05, 0) is 30.7 Å². The van der Waals surface area contributed by atoms with E-state index < -0.39 is 62.8 Å². The number of phenols is 4. The van der Waals surface area contributed by atoms with Gasteiger partial charge in [-0.3, -0.25) is 0 Å². The van der Waals surface area contributed by atoms with Gasteiger partial charge in [0.25, 0.3) is 0 Å². The Hall–Kier alpha value is -4.34. The molecule has 10 heteroatoms. The first-order valence-electron chi connectivity index (χ1n) is 9.08. The van der Waals surface area contributed by atoms with E-state index in [0.29, 0.717) is 0 Å². The molecular formula is C21H16O10. The van der Waals surface area contributed by atoms with Crippen LogP contribution in [-0.2, 0) is 0 Å². The van der Waals surface area contributed by atoms with Crippen molar-refractivity contribution in [1.29, 1.82) is 0 Å². The summed E-state index contributed by atoms with van der Waals surface area (Å²) < 4.78 is 10.2. The van der Waals surface area contributed by atoms with Crippen LogP contribution in [0.2, 0.25) is 0 Å². The molecule has 2 heterocycles. The Bertz CT molecular complexity index is 1370. The summed E-state index contributed by atoms with van der Waals surface area (Å²) >= 11 is 0. The Morgan fingerprint density at radius 3 is 1.42 bits per heavy atom. The summed E-state index contributed by atoms with van der Waals surface area (Å²) in [5.41, 5.74) is -3.85. The number of rotatable bonds is 3. The lowest BCUT2D eigenvalue weighted by Gasteiger charge is -2.18. The summed E-state index contributed by atoms with van der Waals surface area (Å²) in [5, 5.41) is 60.3. The average molecular weight is 428 g/mol. The summed E-state index contributed by atoms with van der Waals surface area (Å²) in [6.45, 7) is 1.58. The van der Waals surface area contributed by atoms with Gasteiger partial charge in [0.05, 0.1) is 21.9 Å². The van der Waals surface area contributed by atoms with E-state index in [2.05, 4.69) is 0 Å². The maximum absolute atomic E-state index is 12.7. The number of aromatic hydroxyl groups is 6. The third-order valence-electron chi connectivity index (χ3n) is 5.18. The second-order valence-electron chi connectivity index (χ2n) is 6.88. The molecule has 2 aromatic heterocycles. The third-order valence-corrected chi connectivity index (χ3v) is 5.18. The maximum atomic E-state index is 12.7. The molecule has 0 amide bonds. The molecule has 0 spiro atoms. The van der Waals surface area contributed by atoms with Gasteiger partial charge in [0.15, 0.2) is 22.7 Å². The Kier molecular flexibility index (Phi) is 4.42. The zero-order valence-corrected chi connectivity index (χ0v) is 15.9. The standard InChI is InChI=1S/C21H16O10/c1-2-7(12-14(24)8-3-5-10(22)16(26)18(8)30-20(12)28)13-15(25)9-4-6-11(23)17(27)19(9)31-21(13)29/h3-7,22-27H,2H2,1H3. The Morgan fingerprint density at radius 2 is 1.06 bits per heavy atom. The molecule has 10 nitrogen and oxygen atoms in total. The molecule has 6 N–H and O–H groups in total. The van der Waals surface area contributed by atoms with Crippen molar-refractivity contribution in [2.24, 2.45) is 0 Å². The first kappa shape index (κ1) is 20.0. The third kappa shape index (κ3) is 2.80. The van der Waals surface area contributed by atoms with E-state index >= 15 is 0 Å². The lowest BCUT2D eigenvalue weighted by atomic mass is 9.88. The number of phenolic OH excluding ortho intramolecular Hbond substituents is 4. The lowest BCUT2D eigenvalue weighted by Crippen LogP contribution is -2.20. The highest BCUT2D eigenvalue weighted by atomic mass is 16.4. The molecule has 4 aromatic rings. The second-order valence-corrected chi connectivity index (χ2v) is 6.88. The van der Waals surface area contributed by atoms with Crippen LogP contribution in [0, 0.1) is 0 Å². The summed E-state index contributed by atoms with van der Waals surface area (Å²) in [7, 11) is 0. The molecule has 0 unspecified atom stereocenters. The Morgan fingerprint density at radius 1 is 0.677 bits per heavy atom. The lowest BCUT2D eigenvalue weighted by molar-refractivity contribution is 0.390. The molecule has 0 aliphatic carbocycles. The fourth-order valence-corrected chi connectivity index (χ4v) is 3.65. The van der Waals surface area contributed by atoms with E-state index in [0.717, 1.165) is 12.1 Å². The molecule has 31 heavy (non-hydrogen) atoms. The van der Waals surface area contributed by atoms with E-state index in [4.69, 9.17) is 8.83 Å². The predicted octanol–water partition coefficient (Wildman–Crippen LogP) is 2.67. The summed E-state index contributed by atoms with van der Waals surface area (Å²) in [4.78, 5) is 25.3. The van der Waals surface area contributed by atoms with Gasteiger partial charge >= 0.3 is 11.3 Å². The predicted molar refractivity (Wildman–Crippen MR) is 107 cm³/mol. The van der Waals surface area contributed by atoms with Crippen molar-refractivity contribution in [2.75, 3.05) is 0 Å². The van der Waals surface area contributed by atoms with Crippen molar-refractivity contribution in [2.45, 2.75) is 19.3 Å². The minimum atomic E-state index is -1.19. The second kappa shape index (κ2) is 6.87. The van der Waals surface area contributed by atoms with Crippen molar-refractivity contribution in [3.8, 4) is 34.5 Å². The molecule has 0 bridgehead atoms. The topological polar surface area (TPSA) is 182 Å². The zero-order chi connectivity index (χ0) is 22.6. The van der Waals surface area contributed by atoms with Gasteiger partial charge in [-0.1, -0.05) is 6.92 Å². The van der Waals surface area contributed by atoms with Crippen LogP contribution in [-0.4, -0.2) is 30.6 Å². The highest BCUT2D eigenvalue weighted by molar-refractivity contribution is 5.92. The number of hydrogen-bond acceptors (Lipinski definition) is 10. The van der Waals surface area contributed by atoms with Gasteiger partial charge in [0.2, 0.25) is 11.5 Å².